The molecule has 0 unspecified atom stereocenters. The van der Waals surface area contributed by atoms with Crippen molar-refractivity contribution in [3.63, 3.8) is 0 Å². The van der Waals surface area contributed by atoms with Gasteiger partial charge in [-0.25, -0.2) is 4.79 Å². The van der Waals surface area contributed by atoms with Gasteiger partial charge in [-0.1, -0.05) is 54.2 Å². The third kappa shape index (κ3) is 3.95. The fourth-order valence-corrected chi connectivity index (χ4v) is 5.01. The van der Waals surface area contributed by atoms with Crippen LogP contribution in [0.5, 0.6) is 0 Å². The Morgan fingerprint density at radius 1 is 1.23 bits per heavy atom. The van der Waals surface area contributed by atoms with E-state index in [1.54, 1.807) is 42.5 Å². The zero-order chi connectivity index (χ0) is 22.3. The lowest BCUT2D eigenvalue weighted by molar-refractivity contribution is -0.141. The first kappa shape index (κ1) is 22.1. The van der Waals surface area contributed by atoms with E-state index in [1.807, 2.05) is 0 Å². The Balaban J connectivity index is 1.80. The molecule has 6 nitrogen and oxygen atoms in total. The Morgan fingerprint density at radius 3 is 2.65 bits per heavy atom. The minimum atomic E-state index is -2.23. The molecule has 2 aliphatic rings. The van der Waals surface area contributed by atoms with Crippen LogP contribution in [0.1, 0.15) is 38.7 Å². The number of carbonyl (C=O) groups is 2. The molecule has 1 aliphatic carbocycles. The van der Waals surface area contributed by atoms with Crippen LogP contribution >= 0.6 is 27.5 Å². The van der Waals surface area contributed by atoms with Gasteiger partial charge in [0.25, 0.3) is 11.6 Å². The summed E-state index contributed by atoms with van der Waals surface area (Å²) in [5.41, 5.74) is -1.18. The normalized spacial score (nSPS) is 28.0. The smallest absolute Gasteiger partial charge is 0.329 e. The third-order valence-electron chi connectivity index (χ3n) is 6.55. The van der Waals surface area contributed by atoms with Gasteiger partial charge < -0.3 is 15.7 Å². The molecule has 3 N–H and O–H groups in total. The van der Waals surface area contributed by atoms with Gasteiger partial charge in [-0.15, -0.1) is 0 Å². The molecule has 4 atom stereocenters. The Morgan fingerprint density at radius 2 is 1.94 bits per heavy atom. The van der Waals surface area contributed by atoms with E-state index >= 15 is 0 Å². The van der Waals surface area contributed by atoms with Crippen LogP contribution in [-0.4, -0.2) is 23.1 Å². The molecule has 2 aromatic carbocycles. The van der Waals surface area contributed by atoms with Gasteiger partial charge in [0.2, 0.25) is 0 Å². The molecule has 0 radical (unpaired) electrons. The first-order valence-electron chi connectivity index (χ1n) is 10.4. The van der Waals surface area contributed by atoms with Crippen molar-refractivity contribution in [2.24, 2.45) is 11.8 Å². The quantitative estimate of drug-likeness (QED) is 0.532. The number of hydrogen-bond acceptors (Lipinski definition) is 3. The van der Waals surface area contributed by atoms with E-state index in [1.165, 1.54) is 0 Å². The summed E-state index contributed by atoms with van der Waals surface area (Å²) in [6.45, 7) is 4.30. The fraction of sp³-hybridized carbons (Fsp3) is 0.391. The van der Waals surface area contributed by atoms with E-state index in [4.69, 9.17) is 11.6 Å². The van der Waals surface area contributed by atoms with Crippen molar-refractivity contribution >= 4 is 50.8 Å². The summed E-state index contributed by atoms with van der Waals surface area (Å²) in [4.78, 5) is 27.9. The number of halogens is 2. The number of fused-ring (bicyclic) bond motifs is 1. The first-order chi connectivity index (χ1) is 14.7. The van der Waals surface area contributed by atoms with Crippen LogP contribution in [0, 0.1) is 11.8 Å². The second kappa shape index (κ2) is 8.45. The van der Waals surface area contributed by atoms with Crippen molar-refractivity contribution in [3.8, 4) is 0 Å². The highest BCUT2D eigenvalue weighted by molar-refractivity contribution is 9.10. The minimum Gasteiger partial charge on any atom is -0.359 e. The highest BCUT2D eigenvalue weighted by atomic mass is 79.9. The molecular weight excluding hydrogens is 482 g/mol. The van der Waals surface area contributed by atoms with Crippen molar-refractivity contribution in [1.29, 1.82) is 0 Å². The molecule has 3 amide bonds. The van der Waals surface area contributed by atoms with E-state index in [9.17, 15) is 14.7 Å². The lowest BCUT2D eigenvalue weighted by Crippen LogP contribution is -2.64. The van der Waals surface area contributed by atoms with Crippen molar-refractivity contribution in [2.45, 2.75) is 44.9 Å². The van der Waals surface area contributed by atoms with Gasteiger partial charge in [-0.05, 0) is 60.7 Å². The van der Waals surface area contributed by atoms with Gasteiger partial charge in [0, 0.05) is 26.8 Å². The summed E-state index contributed by atoms with van der Waals surface area (Å²) >= 11 is 9.43. The predicted octanol–water partition coefficient (Wildman–Crippen LogP) is 5.24. The van der Waals surface area contributed by atoms with Gasteiger partial charge in [-0.3, -0.25) is 9.69 Å². The van der Waals surface area contributed by atoms with Crippen LogP contribution in [0.4, 0.5) is 16.2 Å². The van der Waals surface area contributed by atoms with E-state index in [2.05, 4.69) is 40.4 Å². The number of hydrogen-bond donors (Lipinski definition) is 3. The van der Waals surface area contributed by atoms with Crippen LogP contribution in [-0.2, 0) is 10.5 Å². The summed E-state index contributed by atoms with van der Waals surface area (Å²) in [7, 11) is 0. The first-order valence-corrected chi connectivity index (χ1v) is 11.6. The average Bonchev–Trinajstić information content (AvgIpc) is 2.73. The molecule has 0 saturated heterocycles. The molecule has 0 aromatic heterocycles. The summed E-state index contributed by atoms with van der Waals surface area (Å²) in [5, 5.41) is 18.3. The maximum Gasteiger partial charge on any atom is 0.329 e. The standard InChI is InChI=1S/C23H25BrClN3O3/c1-13-4-3-5-19(14(13)2)26-21(29)23(31)18-12-15(24)6-11-20(18)27-22(30)28(23)17-9-7-16(25)8-10-17/h6-14,19,31H,3-5H2,1-2H3,(H,26,29)(H,27,30)/t13-,14+,19-,23-/m0/s1. The third-order valence-corrected chi connectivity index (χ3v) is 7.30. The topological polar surface area (TPSA) is 81.7 Å². The average molecular weight is 507 g/mol. The van der Waals surface area contributed by atoms with Crippen LogP contribution in [0.3, 0.4) is 0 Å². The number of nitrogens with zero attached hydrogens (tertiary/aromatic N) is 1. The molecule has 1 fully saturated rings. The molecule has 1 heterocycles. The summed E-state index contributed by atoms with van der Waals surface area (Å²) in [5.74, 6) is 0.115. The Hall–Kier alpha value is -2.09. The molecule has 8 heteroatoms. The molecule has 0 spiro atoms. The zero-order valence-electron chi connectivity index (χ0n) is 17.4. The van der Waals surface area contributed by atoms with E-state index < -0.39 is 17.7 Å². The zero-order valence-corrected chi connectivity index (χ0v) is 19.7. The van der Waals surface area contributed by atoms with Crippen molar-refractivity contribution in [2.75, 3.05) is 10.2 Å². The Kier molecular flexibility index (Phi) is 6.03. The molecule has 1 saturated carbocycles. The van der Waals surface area contributed by atoms with Gasteiger partial charge in [0.15, 0.2) is 0 Å². The number of nitrogens with one attached hydrogen (secondary N) is 2. The van der Waals surface area contributed by atoms with Crippen LogP contribution in [0.15, 0.2) is 46.9 Å². The van der Waals surface area contributed by atoms with Gasteiger partial charge >= 0.3 is 6.03 Å². The number of carbonyl (C=O) groups excluding carboxylic acids is 2. The second-order valence-corrected chi connectivity index (χ2v) is 9.80. The fourth-order valence-electron chi connectivity index (χ4n) is 4.53. The van der Waals surface area contributed by atoms with Gasteiger partial charge in [0.05, 0.1) is 5.69 Å². The molecular formula is C23H25BrClN3O3. The van der Waals surface area contributed by atoms with Gasteiger partial charge in [0.1, 0.15) is 0 Å². The summed E-state index contributed by atoms with van der Waals surface area (Å²) in [6.07, 6.45) is 2.97. The van der Waals surface area contributed by atoms with Crippen molar-refractivity contribution < 1.29 is 14.7 Å². The Bertz CT molecular complexity index is 1020. The monoisotopic (exact) mass is 505 g/mol. The number of amides is 3. The van der Waals surface area contributed by atoms with Gasteiger partial charge in [-0.2, -0.15) is 0 Å². The molecule has 4 rings (SSSR count). The predicted molar refractivity (Wildman–Crippen MR) is 125 cm³/mol. The molecule has 1 aliphatic heterocycles. The van der Waals surface area contributed by atoms with Crippen LogP contribution < -0.4 is 15.5 Å². The van der Waals surface area contributed by atoms with Crippen molar-refractivity contribution in [3.05, 3.63) is 57.5 Å². The molecule has 164 valence electrons. The van der Waals surface area contributed by atoms with Crippen LogP contribution in [0.2, 0.25) is 5.02 Å². The largest absolute Gasteiger partial charge is 0.359 e. The van der Waals surface area contributed by atoms with E-state index in [0.717, 1.165) is 24.2 Å². The SMILES string of the molecule is C[C@H]1[C@@H](NC(=O)[C@@]2(O)c3cc(Br)ccc3NC(=O)N2c2ccc(Cl)cc2)CCC[C@@H]1C. The highest BCUT2D eigenvalue weighted by Crippen LogP contribution is 2.42. The number of urea groups is 1. The van der Waals surface area contributed by atoms with E-state index in [0.29, 0.717) is 32.4 Å². The van der Waals surface area contributed by atoms with Crippen molar-refractivity contribution in [1.82, 2.24) is 5.32 Å². The molecule has 2 aromatic rings. The highest BCUT2D eigenvalue weighted by Gasteiger charge is 2.52. The summed E-state index contributed by atoms with van der Waals surface area (Å²) < 4.78 is 0.685. The summed E-state index contributed by atoms with van der Waals surface area (Å²) in [6, 6.07) is 10.8. The lowest BCUT2D eigenvalue weighted by Gasteiger charge is -2.44. The number of rotatable bonds is 3. The maximum atomic E-state index is 13.7. The maximum absolute atomic E-state index is 13.7. The number of anilines is 2. The number of benzene rings is 2. The molecule has 0 bridgehead atoms. The van der Waals surface area contributed by atoms with E-state index in [-0.39, 0.29) is 12.0 Å². The minimum absolute atomic E-state index is 0.0760. The lowest BCUT2D eigenvalue weighted by atomic mass is 9.78. The second-order valence-electron chi connectivity index (χ2n) is 8.45. The number of aliphatic hydroxyl groups is 1. The van der Waals surface area contributed by atoms with Crippen LogP contribution in [0.25, 0.3) is 0 Å². The molecule has 31 heavy (non-hydrogen) atoms. The Labute approximate surface area is 195 Å².